The first kappa shape index (κ1) is 25.6. The van der Waals surface area contributed by atoms with Crippen molar-refractivity contribution in [3.05, 3.63) is 29.3 Å². The highest BCUT2D eigenvalue weighted by Gasteiger charge is 2.11. The quantitative estimate of drug-likeness (QED) is 0.282. The lowest BCUT2D eigenvalue weighted by atomic mass is 10.1. The number of halogens is 1. The zero-order valence-corrected chi connectivity index (χ0v) is 19.8. The van der Waals surface area contributed by atoms with Crippen LogP contribution in [-0.2, 0) is 21.2 Å². The molecule has 0 fully saturated rings. The normalized spacial score (nSPS) is 12.7. The minimum Gasteiger partial charge on any atom is -0.356 e. The molecule has 154 valence electrons. The van der Waals surface area contributed by atoms with Gasteiger partial charge in [0, 0.05) is 38.9 Å². The predicted octanol–water partition coefficient (Wildman–Crippen LogP) is 1.99. The number of carbonyl (C=O) groups excluding carboxylic acids is 1. The first-order valence-corrected chi connectivity index (χ1v) is 10.6. The van der Waals surface area contributed by atoms with Crippen molar-refractivity contribution >= 4 is 45.7 Å². The molecule has 0 heterocycles. The van der Waals surface area contributed by atoms with Gasteiger partial charge >= 0.3 is 0 Å². The molecule has 0 aliphatic carbocycles. The number of nitrogens with one attached hydrogen (secondary N) is 3. The van der Waals surface area contributed by atoms with E-state index in [4.69, 9.17) is 0 Å². The zero-order valence-electron chi connectivity index (χ0n) is 16.6. The van der Waals surface area contributed by atoms with Crippen LogP contribution >= 0.6 is 24.0 Å². The standard InChI is InChI=1S/C18H30N4O3S.HI/c1-6-14(3)22-17(23)9-10-20-18(19-4)21-12-15-7-8-16(13(2)11-15)26(5,24)25;/h7-8,11,14H,6,9-10,12H2,1-5H3,(H,22,23)(H2,19,20,21);1H. The van der Waals surface area contributed by atoms with Gasteiger partial charge in [-0.15, -0.1) is 24.0 Å². The fourth-order valence-electron chi connectivity index (χ4n) is 2.39. The number of aryl methyl sites for hydroxylation is 1. The number of benzene rings is 1. The lowest BCUT2D eigenvalue weighted by Crippen LogP contribution is -2.40. The Hall–Kier alpha value is -1.36. The van der Waals surface area contributed by atoms with Crippen molar-refractivity contribution < 1.29 is 13.2 Å². The maximum absolute atomic E-state index is 11.8. The molecule has 27 heavy (non-hydrogen) atoms. The molecule has 0 aliphatic heterocycles. The van der Waals surface area contributed by atoms with Crippen molar-refractivity contribution in [1.29, 1.82) is 0 Å². The number of hydrogen-bond donors (Lipinski definition) is 3. The summed E-state index contributed by atoms with van der Waals surface area (Å²) in [5.41, 5.74) is 1.67. The van der Waals surface area contributed by atoms with E-state index < -0.39 is 9.84 Å². The summed E-state index contributed by atoms with van der Waals surface area (Å²) in [6.45, 7) is 6.77. The van der Waals surface area contributed by atoms with Crippen LogP contribution in [0.2, 0.25) is 0 Å². The minimum atomic E-state index is -3.21. The maximum Gasteiger partial charge on any atom is 0.221 e. The Morgan fingerprint density at radius 3 is 2.44 bits per heavy atom. The SMILES string of the molecule is CCC(C)NC(=O)CCNC(=NC)NCc1ccc(S(C)(=O)=O)c(C)c1.I. The number of hydrogen-bond acceptors (Lipinski definition) is 4. The van der Waals surface area contributed by atoms with Gasteiger partial charge in [0.25, 0.3) is 0 Å². The molecule has 9 heteroatoms. The summed E-state index contributed by atoms with van der Waals surface area (Å²) >= 11 is 0. The average Bonchev–Trinajstić information content (AvgIpc) is 2.56. The van der Waals surface area contributed by atoms with E-state index in [0.29, 0.717) is 30.4 Å². The van der Waals surface area contributed by atoms with E-state index in [9.17, 15) is 13.2 Å². The second-order valence-corrected chi connectivity index (χ2v) is 8.34. The Labute approximate surface area is 179 Å². The van der Waals surface area contributed by atoms with Crippen LogP contribution in [0.1, 0.15) is 37.8 Å². The summed E-state index contributed by atoms with van der Waals surface area (Å²) in [7, 11) is -1.55. The molecule has 1 amide bonds. The van der Waals surface area contributed by atoms with Crippen LogP contribution in [0, 0.1) is 6.92 Å². The average molecular weight is 510 g/mol. The van der Waals surface area contributed by atoms with E-state index in [2.05, 4.69) is 20.9 Å². The van der Waals surface area contributed by atoms with Gasteiger partial charge in [0.15, 0.2) is 15.8 Å². The molecule has 0 aliphatic rings. The Kier molecular flexibility index (Phi) is 11.6. The second-order valence-electron chi connectivity index (χ2n) is 6.35. The smallest absolute Gasteiger partial charge is 0.221 e. The van der Waals surface area contributed by atoms with Crippen LogP contribution in [0.25, 0.3) is 0 Å². The Balaban J connectivity index is 0.00000676. The van der Waals surface area contributed by atoms with E-state index >= 15 is 0 Å². The molecule has 1 unspecified atom stereocenters. The van der Waals surface area contributed by atoms with Crippen molar-refractivity contribution in [2.24, 2.45) is 4.99 Å². The van der Waals surface area contributed by atoms with E-state index in [-0.39, 0.29) is 35.9 Å². The Morgan fingerprint density at radius 1 is 1.26 bits per heavy atom. The van der Waals surface area contributed by atoms with Gasteiger partial charge in [-0.3, -0.25) is 9.79 Å². The Bertz CT molecular complexity index is 751. The molecule has 0 spiro atoms. The summed E-state index contributed by atoms with van der Waals surface area (Å²) in [6, 6.07) is 5.43. The number of rotatable bonds is 8. The van der Waals surface area contributed by atoms with Crippen molar-refractivity contribution in [3.63, 3.8) is 0 Å². The fraction of sp³-hybridized carbons (Fsp3) is 0.556. The second kappa shape index (κ2) is 12.2. The van der Waals surface area contributed by atoms with Crippen LogP contribution in [0.4, 0.5) is 0 Å². The first-order chi connectivity index (χ1) is 12.2. The third-order valence-electron chi connectivity index (χ3n) is 3.99. The van der Waals surface area contributed by atoms with Gasteiger partial charge in [-0.2, -0.15) is 0 Å². The molecular formula is C18H31IN4O3S. The third kappa shape index (κ3) is 9.41. The van der Waals surface area contributed by atoms with Gasteiger partial charge in [-0.25, -0.2) is 8.42 Å². The molecule has 1 atom stereocenters. The van der Waals surface area contributed by atoms with Crippen molar-refractivity contribution in [3.8, 4) is 0 Å². The summed E-state index contributed by atoms with van der Waals surface area (Å²) in [5.74, 6) is 0.598. The molecule has 0 radical (unpaired) electrons. The summed E-state index contributed by atoms with van der Waals surface area (Å²) in [6.07, 6.45) is 2.48. The van der Waals surface area contributed by atoms with Gasteiger partial charge in [0.05, 0.1) is 4.90 Å². The summed E-state index contributed by atoms with van der Waals surface area (Å²) in [5, 5.41) is 9.16. The molecular weight excluding hydrogens is 479 g/mol. The summed E-state index contributed by atoms with van der Waals surface area (Å²) < 4.78 is 23.3. The molecule has 1 rings (SSSR count). The van der Waals surface area contributed by atoms with Gasteiger partial charge < -0.3 is 16.0 Å². The van der Waals surface area contributed by atoms with Crippen LogP contribution in [0.15, 0.2) is 28.1 Å². The lowest BCUT2D eigenvalue weighted by molar-refractivity contribution is -0.121. The van der Waals surface area contributed by atoms with Gasteiger partial charge in [-0.1, -0.05) is 19.1 Å². The highest BCUT2D eigenvalue weighted by atomic mass is 127. The monoisotopic (exact) mass is 510 g/mol. The van der Waals surface area contributed by atoms with Gasteiger partial charge in [0.2, 0.25) is 5.91 Å². The molecule has 1 aromatic carbocycles. The molecule has 3 N–H and O–H groups in total. The number of sulfone groups is 1. The first-order valence-electron chi connectivity index (χ1n) is 8.70. The van der Waals surface area contributed by atoms with Gasteiger partial charge in [-0.05, 0) is 37.5 Å². The zero-order chi connectivity index (χ0) is 19.7. The molecule has 0 saturated heterocycles. The number of amides is 1. The van der Waals surface area contributed by atoms with Crippen LogP contribution in [0.5, 0.6) is 0 Å². The Morgan fingerprint density at radius 2 is 1.93 bits per heavy atom. The summed E-state index contributed by atoms with van der Waals surface area (Å²) in [4.78, 5) is 16.2. The molecule has 7 nitrogen and oxygen atoms in total. The highest BCUT2D eigenvalue weighted by Crippen LogP contribution is 2.16. The minimum absolute atomic E-state index is 0. The lowest BCUT2D eigenvalue weighted by Gasteiger charge is -2.14. The highest BCUT2D eigenvalue weighted by molar-refractivity contribution is 14.0. The van der Waals surface area contributed by atoms with Crippen LogP contribution < -0.4 is 16.0 Å². The van der Waals surface area contributed by atoms with Crippen molar-refractivity contribution in [2.45, 2.75) is 51.1 Å². The van der Waals surface area contributed by atoms with E-state index in [1.54, 1.807) is 26.1 Å². The number of aliphatic imine (C=N–C) groups is 1. The molecule has 0 saturated carbocycles. The van der Waals surface area contributed by atoms with Crippen molar-refractivity contribution in [1.82, 2.24) is 16.0 Å². The van der Waals surface area contributed by atoms with E-state index in [0.717, 1.165) is 17.5 Å². The fourth-order valence-corrected chi connectivity index (χ4v) is 3.35. The molecule has 1 aromatic rings. The van der Waals surface area contributed by atoms with E-state index in [1.165, 1.54) is 6.26 Å². The molecule has 0 bridgehead atoms. The predicted molar refractivity (Wildman–Crippen MR) is 120 cm³/mol. The van der Waals surface area contributed by atoms with Crippen LogP contribution in [-0.4, -0.2) is 46.2 Å². The largest absolute Gasteiger partial charge is 0.356 e. The van der Waals surface area contributed by atoms with Gasteiger partial charge in [0.1, 0.15) is 0 Å². The van der Waals surface area contributed by atoms with Crippen LogP contribution in [0.3, 0.4) is 0 Å². The van der Waals surface area contributed by atoms with Crippen molar-refractivity contribution in [2.75, 3.05) is 19.8 Å². The topological polar surface area (TPSA) is 99.7 Å². The van der Waals surface area contributed by atoms with E-state index in [1.807, 2.05) is 19.9 Å². The molecule has 0 aromatic heterocycles. The number of carbonyl (C=O) groups is 1. The third-order valence-corrected chi connectivity index (χ3v) is 5.24. The number of nitrogens with zero attached hydrogens (tertiary/aromatic N) is 1. The maximum atomic E-state index is 11.8. The number of guanidine groups is 1.